The van der Waals surface area contributed by atoms with E-state index < -0.39 is 0 Å². The van der Waals surface area contributed by atoms with E-state index in [1.807, 2.05) is 18.2 Å². The van der Waals surface area contributed by atoms with Crippen LogP contribution in [0.25, 0.3) is 5.57 Å². The fourth-order valence-electron chi connectivity index (χ4n) is 2.85. The van der Waals surface area contributed by atoms with Crippen LogP contribution in [0.15, 0.2) is 35.0 Å². The van der Waals surface area contributed by atoms with Crippen molar-refractivity contribution in [2.75, 3.05) is 6.61 Å². The molecule has 0 unspecified atom stereocenters. The van der Waals surface area contributed by atoms with Crippen LogP contribution in [0.1, 0.15) is 61.9 Å². The second kappa shape index (κ2) is 7.78. The number of carbonyl (C=O) groups excluding carboxylic acids is 1. The summed E-state index contributed by atoms with van der Waals surface area (Å²) in [6.07, 6.45) is 4.95. The Morgan fingerprint density at radius 2 is 2.14 bits per heavy atom. The minimum Gasteiger partial charge on any atom is -0.462 e. The van der Waals surface area contributed by atoms with Crippen molar-refractivity contribution in [1.29, 1.82) is 0 Å². The summed E-state index contributed by atoms with van der Waals surface area (Å²) >= 11 is 0. The van der Waals surface area contributed by atoms with E-state index in [0.29, 0.717) is 17.9 Å². The molecule has 0 amide bonds. The van der Waals surface area contributed by atoms with Gasteiger partial charge in [0, 0.05) is 5.57 Å². The van der Waals surface area contributed by atoms with E-state index in [-0.39, 0.29) is 5.97 Å². The van der Waals surface area contributed by atoms with E-state index >= 15 is 0 Å². The molecule has 1 aliphatic rings. The third-order valence-corrected chi connectivity index (χ3v) is 3.92. The zero-order valence-corrected chi connectivity index (χ0v) is 13.3. The fourth-order valence-corrected chi connectivity index (χ4v) is 2.85. The molecule has 0 aromatic heterocycles. The van der Waals surface area contributed by atoms with Gasteiger partial charge in [0.2, 0.25) is 0 Å². The Hall–Kier alpha value is -2.10. The largest absolute Gasteiger partial charge is 0.462 e. The highest BCUT2D eigenvalue weighted by molar-refractivity contribution is 6.26. The molecule has 2 rings (SSSR count). The van der Waals surface area contributed by atoms with Gasteiger partial charge in [0.05, 0.1) is 17.9 Å². The molecule has 0 bridgehead atoms. The second-order valence-electron chi connectivity index (χ2n) is 5.43. The molecule has 0 heterocycles. The van der Waals surface area contributed by atoms with Crippen LogP contribution in [0.2, 0.25) is 0 Å². The van der Waals surface area contributed by atoms with Crippen LogP contribution in [-0.4, -0.2) is 23.5 Å². The van der Waals surface area contributed by atoms with E-state index in [4.69, 9.17) is 4.74 Å². The molecule has 0 saturated heterocycles. The maximum atomic E-state index is 11.9. The molecule has 1 aromatic rings. The Kier molecular flexibility index (Phi) is 5.75. The predicted molar refractivity (Wildman–Crippen MR) is 87.3 cm³/mol. The average molecular weight is 301 g/mol. The highest BCUT2D eigenvalue weighted by atomic mass is 16.5. The van der Waals surface area contributed by atoms with Gasteiger partial charge in [0.25, 0.3) is 0 Å². The van der Waals surface area contributed by atoms with Gasteiger partial charge in [0.1, 0.15) is 0 Å². The number of ether oxygens (including phenoxy) is 1. The quantitative estimate of drug-likeness (QED) is 0.480. The smallest absolute Gasteiger partial charge is 0.338 e. The molecule has 22 heavy (non-hydrogen) atoms. The van der Waals surface area contributed by atoms with E-state index in [9.17, 15) is 10.0 Å². The van der Waals surface area contributed by atoms with Crippen molar-refractivity contribution in [2.45, 2.75) is 46.0 Å². The van der Waals surface area contributed by atoms with E-state index in [1.165, 1.54) is 5.57 Å². The summed E-state index contributed by atoms with van der Waals surface area (Å²) in [6.45, 7) is 4.31. The van der Waals surface area contributed by atoms with Crippen molar-refractivity contribution >= 4 is 17.3 Å². The van der Waals surface area contributed by atoms with Crippen molar-refractivity contribution in [2.24, 2.45) is 5.16 Å². The normalized spacial score (nSPS) is 16.4. The number of hydrogen-bond acceptors (Lipinski definition) is 4. The summed E-state index contributed by atoms with van der Waals surface area (Å²) in [7, 11) is 0. The van der Waals surface area contributed by atoms with Crippen LogP contribution in [0.5, 0.6) is 0 Å². The maximum absolute atomic E-state index is 11.9. The van der Waals surface area contributed by atoms with Crippen LogP contribution < -0.4 is 0 Å². The zero-order chi connectivity index (χ0) is 15.9. The average Bonchev–Trinajstić information content (AvgIpc) is 2.96. The fraction of sp³-hybridized carbons (Fsp3) is 0.444. The van der Waals surface area contributed by atoms with Gasteiger partial charge in [0.15, 0.2) is 0 Å². The monoisotopic (exact) mass is 301 g/mol. The molecule has 1 N–H and O–H groups in total. The Balaban J connectivity index is 2.38. The maximum Gasteiger partial charge on any atom is 0.338 e. The zero-order valence-electron chi connectivity index (χ0n) is 13.3. The number of hydrogen-bond donors (Lipinski definition) is 1. The summed E-state index contributed by atoms with van der Waals surface area (Å²) in [5.74, 6) is -0.319. The number of nitrogens with zero attached hydrogens (tertiary/aromatic N) is 1. The standard InChI is InChI=1S/C18H23NO3/c1-3-5-7-13-10-11-16(19-21)17(13)14-8-6-9-15(12-14)18(20)22-4-2/h6,8-9,12,21H,3-5,7,10-11H2,1-2H3. The van der Waals surface area contributed by atoms with Crippen molar-refractivity contribution in [3.63, 3.8) is 0 Å². The SMILES string of the molecule is CCCCC1=C(c2cccc(C(=O)OCC)c2)C(=NO)CC1. The molecule has 0 aliphatic heterocycles. The lowest BCUT2D eigenvalue weighted by atomic mass is 9.96. The number of benzene rings is 1. The summed E-state index contributed by atoms with van der Waals surface area (Å²) in [5.41, 5.74) is 4.50. The Morgan fingerprint density at radius 1 is 1.32 bits per heavy atom. The molecule has 4 heteroatoms. The molecular weight excluding hydrogens is 278 g/mol. The minimum absolute atomic E-state index is 0.319. The van der Waals surface area contributed by atoms with Gasteiger partial charge in [-0.2, -0.15) is 0 Å². The first kappa shape index (κ1) is 16.3. The lowest BCUT2D eigenvalue weighted by Gasteiger charge is -2.10. The van der Waals surface area contributed by atoms with Crippen molar-refractivity contribution in [3.8, 4) is 0 Å². The van der Waals surface area contributed by atoms with Crippen molar-refractivity contribution < 1.29 is 14.7 Å². The van der Waals surface area contributed by atoms with Crippen molar-refractivity contribution in [1.82, 2.24) is 0 Å². The predicted octanol–water partition coefficient (Wildman–Crippen LogP) is 4.43. The van der Waals surface area contributed by atoms with E-state index in [2.05, 4.69) is 12.1 Å². The Bertz CT molecular complexity index is 602. The Morgan fingerprint density at radius 3 is 2.82 bits per heavy atom. The van der Waals surface area contributed by atoms with Gasteiger partial charge < -0.3 is 9.94 Å². The van der Waals surface area contributed by atoms with Gasteiger partial charge in [-0.3, -0.25) is 0 Å². The summed E-state index contributed by atoms with van der Waals surface area (Å²) < 4.78 is 5.06. The Labute approximate surface area is 131 Å². The molecule has 1 aromatic carbocycles. The first-order valence-corrected chi connectivity index (χ1v) is 7.92. The van der Waals surface area contributed by atoms with Gasteiger partial charge in [-0.1, -0.05) is 36.2 Å². The second-order valence-corrected chi connectivity index (χ2v) is 5.43. The first-order valence-electron chi connectivity index (χ1n) is 7.92. The van der Waals surface area contributed by atoms with Gasteiger partial charge in [-0.15, -0.1) is 0 Å². The molecule has 118 valence electrons. The van der Waals surface area contributed by atoms with E-state index in [0.717, 1.165) is 43.2 Å². The molecule has 0 atom stereocenters. The summed E-state index contributed by atoms with van der Waals surface area (Å²) in [6, 6.07) is 7.38. The molecule has 0 radical (unpaired) electrons. The third kappa shape index (κ3) is 3.56. The summed E-state index contributed by atoms with van der Waals surface area (Å²) in [5, 5.41) is 12.7. The highest BCUT2D eigenvalue weighted by Crippen LogP contribution is 2.35. The van der Waals surface area contributed by atoms with Gasteiger partial charge >= 0.3 is 5.97 Å². The number of rotatable bonds is 6. The minimum atomic E-state index is -0.319. The van der Waals surface area contributed by atoms with Gasteiger partial charge in [-0.05, 0) is 50.3 Å². The van der Waals surface area contributed by atoms with Crippen LogP contribution in [0.4, 0.5) is 0 Å². The molecule has 1 aliphatic carbocycles. The molecular formula is C18H23NO3. The summed E-state index contributed by atoms with van der Waals surface area (Å²) in [4.78, 5) is 11.9. The van der Waals surface area contributed by atoms with Crippen LogP contribution in [-0.2, 0) is 4.74 Å². The third-order valence-electron chi connectivity index (χ3n) is 3.92. The first-order chi connectivity index (χ1) is 10.7. The highest BCUT2D eigenvalue weighted by Gasteiger charge is 2.23. The number of carbonyl (C=O) groups is 1. The van der Waals surface area contributed by atoms with Crippen LogP contribution in [0, 0.1) is 0 Å². The van der Waals surface area contributed by atoms with Gasteiger partial charge in [-0.25, -0.2) is 4.79 Å². The van der Waals surface area contributed by atoms with Crippen LogP contribution >= 0.6 is 0 Å². The van der Waals surface area contributed by atoms with Crippen LogP contribution in [0.3, 0.4) is 0 Å². The molecule has 4 nitrogen and oxygen atoms in total. The number of unbranched alkanes of at least 4 members (excludes halogenated alkanes) is 1. The molecule has 0 saturated carbocycles. The lowest BCUT2D eigenvalue weighted by molar-refractivity contribution is 0.0526. The molecule has 0 fully saturated rings. The van der Waals surface area contributed by atoms with Crippen molar-refractivity contribution in [3.05, 3.63) is 41.0 Å². The lowest BCUT2D eigenvalue weighted by Crippen LogP contribution is -2.06. The topological polar surface area (TPSA) is 58.9 Å². The van der Waals surface area contributed by atoms with E-state index in [1.54, 1.807) is 13.0 Å². The molecule has 0 spiro atoms. The number of esters is 1. The number of oxime groups is 1. The number of allylic oxidation sites excluding steroid dienone is 2.